The summed E-state index contributed by atoms with van der Waals surface area (Å²) in [7, 11) is 0. The van der Waals surface area contributed by atoms with Crippen molar-refractivity contribution in [3.63, 3.8) is 0 Å². The van der Waals surface area contributed by atoms with E-state index in [4.69, 9.17) is 5.73 Å². The van der Waals surface area contributed by atoms with E-state index in [9.17, 15) is 0 Å². The minimum atomic E-state index is 0.814. The topological polar surface area (TPSA) is 38.9 Å². The molecule has 0 bridgehead atoms. The number of nitrogens with zero attached hydrogens (tertiary/aromatic N) is 1. The van der Waals surface area contributed by atoms with Gasteiger partial charge in [-0.3, -0.25) is 0 Å². The molecule has 0 aliphatic carbocycles. The van der Waals surface area contributed by atoms with Crippen LogP contribution in [-0.4, -0.2) is 4.98 Å². The largest absolute Gasteiger partial charge is 0.399 e. The van der Waals surface area contributed by atoms with E-state index in [-0.39, 0.29) is 0 Å². The summed E-state index contributed by atoms with van der Waals surface area (Å²) >= 11 is 1.67. The number of rotatable bonds is 2. The Hall–Kier alpha value is -1.35. The van der Waals surface area contributed by atoms with Crippen molar-refractivity contribution >= 4 is 17.0 Å². The van der Waals surface area contributed by atoms with Crippen molar-refractivity contribution in [2.45, 2.75) is 6.42 Å². The van der Waals surface area contributed by atoms with Crippen LogP contribution < -0.4 is 5.73 Å². The van der Waals surface area contributed by atoms with Gasteiger partial charge in [0.05, 0.1) is 5.01 Å². The Morgan fingerprint density at radius 3 is 3.00 bits per heavy atom. The molecule has 0 fully saturated rings. The van der Waals surface area contributed by atoms with E-state index in [0.29, 0.717) is 0 Å². The highest BCUT2D eigenvalue weighted by atomic mass is 32.1. The van der Waals surface area contributed by atoms with E-state index in [1.807, 2.05) is 29.8 Å². The second-order valence-corrected chi connectivity index (χ2v) is 3.83. The van der Waals surface area contributed by atoms with E-state index in [2.05, 4.69) is 11.1 Å². The van der Waals surface area contributed by atoms with Crippen LogP contribution in [0.5, 0.6) is 0 Å². The van der Waals surface area contributed by atoms with Crippen molar-refractivity contribution in [3.8, 4) is 0 Å². The second kappa shape index (κ2) is 3.58. The predicted octanol–water partition coefficient (Wildman–Crippen LogP) is 2.32. The second-order valence-electron chi connectivity index (χ2n) is 2.85. The van der Waals surface area contributed by atoms with E-state index >= 15 is 0 Å². The number of nitrogen functional groups attached to an aromatic ring is 1. The van der Waals surface area contributed by atoms with Gasteiger partial charge in [-0.2, -0.15) is 0 Å². The van der Waals surface area contributed by atoms with Gasteiger partial charge in [0.25, 0.3) is 0 Å². The van der Waals surface area contributed by atoms with Crippen molar-refractivity contribution in [2.24, 2.45) is 0 Å². The number of nitrogens with two attached hydrogens (primary N) is 1. The van der Waals surface area contributed by atoms with E-state index < -0.39 is 0 Å². The van der Waals surface area contributed by atoms with Crippen molar-refractivity contribution < 1.29 is 0 Å². The molecule has 0 spiro atoms. The molecule has 1 heterocycles. The zero-order chi connectivity index (χ0) is 9.10. The number of aromatic nitrogens is 1. The molecule has 3 heteroatoms. The average Bonchev–Trinajstić information content (AvgIpc) is 2.57. The van der Waals surface area contributed by atoms with Gasteiger partial charge in [0.1, 0.15) is 0 Å². The molecule has 13 heavy (non-hydrogen) atoms. The number of hydrogen-bond acceptors (Lipinski definition) is 3. The molecular formula is C10H10N2S. The van der Waals surface area contributed by atoms with Gasteiger partial charge >= 0.3 is 0 Å². The molecule has 0 amide bonds. The van der Waals surface area contributed by atoms with Crippen LogP contribution in [0, 0.1) is 0 Å². The quantitative estimate of drug-likeness (QED) is 0.738. The van der Waals surface area contributed by atoms with Crippen molar-refractivity contribution in [3.05, 3.63) is 46.4 Å². The monoisotopic (exact) mass is 190 g/mol. The molecule has 0 saturated heterocycles. The molecule has 0 unspecified atom stereocenters. The third-order valence-corrected chi connectivity index (χ3v) is 2.57. The minimum Gasteiger partial charge on any atom is -0.399 e. The fourth-order valence-corrected chi connectivity index (χ4v) is 1.87. The lowest BCUT2D eigenvalue weighted by Gasteiger charge is -1.98. The highest BCUT2D eigenvalue weighted by molar-refractivity contribution is 7.09. The summed E-state index contributed by atoms with van der Waals surface area (Å²) in [4.78, 5) is 4.22. The summed E-state index contributed by atoms with van der Waals surface area (Å²) in [5.74, 6) is 0. The van der Waals surface area contributed by atoms with Crippen molar-refractivity contribution in [2.75, 3.05) is 5.73 Å². The Balaban J connectivity index is 2.19. The van der Waals surface area contributed by atoms with Gasteiger partial charge in [0.2, 0.25) is 0 Å². The lowest BCUT2D eigenvalue weighted by molar-refractivity contribution is 1.14. The molecule has 0 aliphatic heterocycles. The molecule has 2 aromatic rings. The molecule has 2 N–H and O–H groups in total. The summed E-state index contributed by atoms with van der Waals surface area (Å²) in [6, 6.07) is 7.92. The van der Waals surface area contributed by atoms with Crippen LogP contribution in [0.3, 0.4) is 0 Å². The zero-order valence-electron chi connectivity index (χ0n) is 7.10. The Kier molecular flexibility index (Phi) is 2.27. The van der Waals surface area contributed by atoms with Crippen molar-refractivity contribution in [1.82, 2.24) is 4.98 Å². The summed E-state index contributed by atoms with van der Waals surface area (Å²) < 4.78 is 0. The molecule has 0 radical (unpaired) electrons. The molecule has 0 aliphatic rings. The normalized spacial score (nSPS) is 10.2. The van der Waals surface area contributed by atoms with Crippen molar-refractivity contribution in [1.29, 1.82) is 0 Å². The Bertz CT molecular complexity index is 382. The van der Waals surface area contributed by atoms with Crippen LogP contribution in [0.15, 0.2) is 35.8 Å². The molecular weight excluding hydrogens is 180 g/mol. The summed E-state index contributed by atoms with van der Waals surface area (Å²) in [5, 5.41) is 3.12. The van der Waals surface area contributed by atoms with Gasteiger partial charge in [-0.25, -0.2) is 4.98 Å². The van der Waals surface area contributed by atoms with Crippen LogP contribution >= 0.6 is 11.3 Å². The first-order valence-corrected chi connectivity index (χ1v) is 4.95. The third kappa shape index (κ3) is 2.06. The Morgan fingerprint density at radius 2 is 2.31 bits per heavy atom. The number of anilines is 1. The molecule has 0 atom stereocenters. The zero-order valence-corrected chi connectivity index (χ0v) is 7.92. The number of benzene rings is 1. The first-order valence-electron chi connectivity index (χ1n) is 4.07. The molecule has 66 valence electrons. The SMILES string of the molecule is Nc1cccc(Cc2nccs2)c1. The number of thiazole rings is 1. The van der Waals surface area contributed by atoms with Gasteiger partial charge in [-0.05, 0) is 17.7 Å². The van der Waals surface area contributed by atoms with Crippen LogP contribution in [0.2, 0.25) is 0 Å². The van der Waals surface area contributed by atoms with Crippen LogP contribution in [-0.2, 0) is 6.42 Å². The highest BCUT2D eigenvalue weighted by Gasteiger charge is 1.97. The Morgan fingerprint density at radius 1 is 1.38 bits per heavy atom. The first-order chi connectivity index (χ1) is 6.34. The molecule has 2 rings (SSSR count). The van der Waals surface area contributed by atoms with Gasteiger partial charge in [0.15, 0.2) is 0 Å². The minimum absolute atomic E-state index is 0.814. The molecule has 1 aromatic carbocycles. The Labute approximate surface area is 81.1 Å². The fourth-order valence-electron chi connectivity index (χ4n) is 1.22. The smallest absolute Gasteiger partial charge is 0.0968 e. The predicted molar refractivity (Wildman–Crippen MR) is 55.8 cm³/mol. The standard InChI is InChI=1S/C10H10N2S/c11-9-3-1-2-8(6-9)7-10-12-4-5-13-10/h1-6H,7,11H2. The number of hydrogen-bond donors (Lipinski definition) is 1. The molecule has 0 saturated carbocycles. The summed E-state index contributed by atoms with van der Waals surface area (Å²) in [6.07, 6.45) is 2.70. The maximum Gasteiger partial charge on any atom is 0.0968 e. The van der Waals surface area contributed by atoms with Crippen LogP contribution in [0.1, 0.15) is 10.6 Å². The lowest BCUT2D eigenvalue weighted by atomic mass is 10.1. The highest BCUT2D eigenvalue weighted by Crippen LogP contribution is 2.13. The molecule has 2 nitrogen and oxygen atoms in total. The maximum absolute atomic E-state index is 5.67. The van der Waals surface area contributed by atoms with Crippen LogP contribution in [0.4, 0.5) is 5.69 Å². The fraction of sp³-hybridized carbons (Fsp3) is 0.100. The third-order valence-electron chi connectivity index (χ3n) is 1.79. The van der Waals surface area contributed by atoms with Gasteiger partial charge in [0, 0.05) is 23.7 Å². The van der Waals surface area contributed by atoms with Gasteiger partial charge in [-0.1, -0.05) is 12.1 Å². The maximum atomic E-state index is 5.67. The lowest BCUT2D eigenvalue weighted by Crippen LogP contribution is -1.89. The first kappa shape index (κ1) is 8.26. The van der Waals surface area contributed by atoms with Crippen LogP contribution in [0.25, 0.3) is 0 Å². The van der Waals surface area contributed by atoms with Gasteiger partial charge in [-0.15, -0.1) is 11.3 Å². The molecule has 1 aromatic heterocycles. The summed E-state index contributed by atoms with van der Waals surface area (Å²) in [5.41, 5.74) is 7.70. The van der Waals surface area contributed by atoms with Gasteiger partial charge < -0.3 is 5.73 Å². The van der Waals surface area contributed by atoms with E-state index in [1.165, 1.54) is 5.56 Å². The van der Waals surface area contributed by atoms with E-state index in [0.717, 1.165) is 17.1 Å². The average molecular weight is 190 g/mol. The van der Waals surface area contributed by atoms with E-state index in [1.54, 1.807) is 11.3 Å². The summed E-state index contributed by atoms with van der Waals surface area (Å²) in [6.45, 7) is 0.